The molecule has 1 fully saturated rings. The first-order valence-electron chi connectivity index (χ1n) is 11.7. The number of aromatic nitrogens is 7. The van der Waals surface area contributed by atoms with E-state index in [-0.39, 0.29) is 0 Å². The number of tetrazole rings is 1. The van der Waals surface area contributed by atoms with Crippen LogP contribution in [0, 0.1) is 0 Å². The molecule has 164 valence electrons. The third kappa shape index (κ3) is 4.33. The SMILES string of the molecule is CCCc1nc(Cc2ccc(-c3ccccc3-c3nnn[nH]3)cc2)n(C2CCCCC2)n1. The number of rotatable bonds is 7. The summed E-state index contributed by atoms with van der Waals surface area (Å²) in [5, 5.41) is 19.3. The van der Waals surface area contributed by atoms with E-state index in [9.17, 15) is 0 Å². The number of H-pyrrole nitrogens is 1. The number of hydrogen-bond donors (Lipinski definition) is 1. The second kappa shape index (κ2) is 9.42. The molecule has 2 aromatic heterocycles. The lowest BCUT2D eigenvalue weighted by Crippen LogP contribution is -2.17. The minimum Gasteiger partial charge on any atom is -0.246 e. The van der Waals surface area contributed by atoms with Crippen molar-refractivity contribution >= 4 is 0 Å². The smallest absolute Gasteiger partial charge is 0.180 e. The fourth-order valence-corrected chi connectivity index (χ4v) is 4.67. The van der Waals surface area contributed by atoms with Gasteiger partial charge in [0, 0.05) is 18.4 Å². The fourth-order valence-electron chi connectivity index (χ4n) is 4.67. The standard InChI is InChI=1S/C25H29N7/c1-2-8-23-26-24(32(29-23)20-9-4-3-5-10-20)17-18-13-15-19(16-14-18)21-11-6-7-12-22(21)25-27-30-31-28-25/h6-7,11-16,20H,2-5,8-10,17H2,1H3,(H,27,28,30,31). The summed E-state index contributed by atoms with van der Waals surface area (Å²) in [4.78, 5) is 4.92. The Bertz CT molecular complexity index is 1140. The zero-order valence-electron chi connectivity index (χ0n) is 18.5. The molecule has 0 radical (unpaired) electrons. The maximum atomic E-state index is 4.92. The largest absolute Gasteiger partial charge is 0.246 e. The van der Waals surface area contributed by atoms with Crippen molar-refractivity contribution in [3.05, 3.63) is 65.7 Å². The van der Waals surface area contributed by atoms with Crippen molar-refractivity contribution in [2.75, 3.05) is 0 Å². The molecule has 1 saturated carbocycles. The number of aryl methyl sites for hydroxylation is 1. The summed E-state index contributed by atoms with van der Waals surface area (Å²) in [6.45, 7) is 2.19. The van der Waals surface area contributed by atoms with Crippen LogP contribution in [0.25, 0.3) is 22.5 Å². The van der Waals surface area contributed by atoms with E-state index < -0.39 is 0 Å². The van der Waals surface area contributed by atoms with Crippen molar-refractivity contribution in [2.24, 2.45) is 0 Å². The molecule has 7 heteroatoms. The van der Waals surface area contributed by atoms with Crippen LogP contribution in [0.1, 0.15) is 68.7 Å². The lowest BCUT2D eigenvalue weighted by atomic mass is 9.95. The fraction of sp³-hybridized carbons (Fsp3) is 0.400. The summed E-state index contributed by atoms with van der Waals surface area (Å²) in [6, 6.07) is 17.4. The van der Waals surface area contributed by atoms with Crippen molar-refractivity contribution in [3.63, 3.8) is 0 Å². The molecule has 1 aliphatic carbocycles. The Labute approximate surface area is 188 Å². The molecular formula is C25H29N7. The summed E-state index contributed by atoms with van der Waals surface area (Å²) in [7, 11) is 0. The normalized spacial score (nSPS) is 14.7. The van der Waals surface area contributed by atoms with Gasteiger partial charge in [0.15, 0.2) is 11.6 Å². The second-order valence-corrected chi connectivity index (χ2v) is 8.60. The van der Waals surface area contributed by atoms with Crippen LogP contribution in [0.3, 0.4) is 0 Å². The van der Waals surface area contributed by atoms with E-state index in [1.807, 2.05) is 18.2 Å². The topological polar surface area (TPSA) is 85.2 Å². The van der Waals surface area contributed by atoms with Crippen molar-refractivity contribution in [1.82, 2.24) is 35.4 Å². The van der Waals surface area contributed by atoms with Crippen LogP contribution in [-0.2, 0) is 12.8 Å². The van der Waals surface area contributed by atoms with Crippen LogP contribution < -0.4 is 0 Å². The summed E-state index contributed by atoms with van der Waals surface area (Å²) < 4.78 is 2.24. The Balaban J connectivity index is 1.40. The van der Waals surface area contributed by atoms with E-state index >= 15 is 0 Å². The van der Waals surface area contributed by atoms with Gasteiger partial charge in [-0.2, -0.15) is 5.10 Å². The third-order valence-corrected chi connectivity index (χ3v) is 6.29. The highest BCUT2D eigenvalue weighted by atomic mass is 15.5. The molecule has 2 heterocycles. The van der Waals surface area contributed by atoms with Gasteiger partial charge in [-0.05, 0) is 46.4 Å². The maximum Gasteiger partial charge on any atom is 0.180 e. The molecule has 1 aliphatic rings. The Hall–Kier alpha value is -3.35. The van der Waals surface area contributed by atoms with Gasteiger partial charge in [0.05, 0.1) is 6.04 Å². The van der Waals surface area contributed by atoms with Crippen LogP contribution in [-0.4, -0.2) is 35.4 Å². The van der Waals surface area contributed by atoms with E-state index in [1.54, 1.807) is 0 Å². The Morgan fingerprint density at radius 2 is 1.75 bits per heavy atom. The average Bonchev–Trinajstić information content (AvgIpc) is 3.51. The number of aromatic amines is 1. The highest BCUT2D eigenvalue weighted by Crippen LogP contribution is 2.31. The van der Waals surface area contributed by atoms with Gasteiger partial charge in [0.2, 0.25) is 0 Å². The van der Waals surface area contributed by atoms with Crippen molar-refractivity contribution in [1.29, 1.82) is 0 Å². The Kier molecular flexibility index (Phi) is 6.05. The van der Waals surface area contributed by atoms with Gasteiger partial charge in [-0.25, -0.2) is 14.8 Å². The van der Waals surface area contributed by atoms with Gasteiger partial charge in [-0.15, -0.1) is 5.10 Å². The molecule has 4 aromatic rings. The van der Waals surface area contributed by atoms with Crippen LogP contribution in [0.5, 0.6) is 0 Å². The van der Waals surface area contributed by atoms with Crippen LogP contribution in [0.2, 0.25) is 0 Å². The van der Waals surface area contributed by atoms with Crippen LogP contribution >= 0.6 is 0 Å². The molecule has 2 aromatic carbocycles. The predicted octanol–water partition coefficient (Wildman–Crippen LogP) is 5.17. The predicted molar refractivity (Wildman–Crippen MR) is 124 cm³/mol. The first kappa shape index (κ1) is 20.5. The highest BCUT2D eigenvalue weighted by molar-refractivity contribution is 5.80. The van der Waals surface area contributed by atoms with Gasteiger partial charge in [-0.1, -0.05) is 74.7 Å². The minimum atomic E-state index is 0.499. The van der Waals surface area contributed by atoms with Crippen molar-refractivity contribution < 1.29 is 0 Å². The Morgan fingerprint density at radius 1 is 0.969 bits per heavy atom. The molecule has 0 amide bonds. The van der Waals surface area contributed by atoms with Gasteiger partial charge in [0.25, 0.3) is 0 Å². The zero-order chi connectivity index (χ0) is 21.8. The number of hydrogen-bond acceptors (Lipinski definition) is 5. The molecule has 32 heavy (non-hydrogen) atoms. The summed E-state index contributed by atoms with van der Waals surface area (Å²) in [6.07, 6.45) is 9.19. The molecule has 1 N–H and O–H groups in total. The molecule has 0 atom stereocenters. The summed E-state index contributed by atoms with van der Waals surface area (Å²) >= 11 is 0. The molecule has 5 rings (SSSR count). The quantitative estimate of drug-likeness (QED) is 0.440. The van der Waals surface area contributed by atoms with Gasteiger partial charge in [-0.3, -0.25) is 0 Å². The lowest BCUT2D eigenvalue weighted by Gasteiger charge is -2.23. The van der Waals surface area contributed by atoms with Gasteiger partial charge in [0.1, 0.15) is 5.82 Å². The molecule has 0 unspecified atom stereocenters. The van der Waals surface area contributed by atoms with E-state index in [0.29, 0.717) is 11.9 Å². The summed E-state index contributed by atoms with van der Waals surface area (Å²) in [5.41, 5.74) is 4.49. The molecule has 0 spiro atoms. The van der Waals surface area contributed by atoms with E-state index in [2.05, 4.69) is 62.6 Å². The number of nitrogens with zero attached hydrogens (tertiary/aromatic N) is 6. The second-order valence-electron chi connectivity index (χ2n) is 8.60. The van der Waals surface area contributed by atoms with Gasteiger partial charge >= 0.3 is 0 Å². The minimum absolute atomic E-state index is 0.499. The maximum absolute atomic E-state index is 4.92. The first-order valence-corrected chi connectivity index (χ1v) is 11.7. The van der Waals surface area contributed by atoms with E-state index in [4.69, 9.17) is 10.1 Å². The highest BCUT2D eigenvalue weighted by Gasteiger charge is 2.21. The van der Waals surface area contributed by atoms with Crippen molar-refractivity contribution in [2.45, 2.75) is 64.3 Å². The Morgan fingerprint density at radius 3 is 2.47 bits per heavy atom. The monoisotopic (exact) mass is 427 g/mol. The van der Waals surface area contributed by atoms with E-state index in [0.717, 1.165) is 47.6 Å². The van der Waals surface area contributed by atoms with E-state index in [1.165, 1.54) is 37.7 Å². The third-order valence-electron chi connectivity index (χ3n) is 6.29. The van der Waals surface area contributed by atoms with Crippen molar-refractivity contribution in [3.8, 4) is 22.5 Å². The molecule has 7 nitrogen and oxygen atoms in total. The molecule has 0 aliphatic heterocycles. The summed E-state index contributed by atoms with van der Waals surface area (Å²) in [5.74, 6) is 2.76. The first-order chi connectivity index (χ1) is 15.8. The molecule has 0 saturated heterocycles. The zero-order valence-corrected chi connectivity index (χ0v) is 18.5. The number of benzene rings is 2. The lowest BCUT2D eigenvalue weighted by molar-refractivity contribution is 0.321. The van der Waals surface area contributed by atoms with Crippen LogP contribution in [0.4, 0.5) is 0 Å². The van der Waals surface area contributed by atoms with Crippen LogP contribution in [0.15, 0.2) is 48.5 Å². The molecular weight excluding hydrogens is 398 g/mol. The average molecular weight is 428 g/mol. The number of nitrogens with one attached hydrogen (secondary N) is 1. The molecule has 0 bridgehead atoms. The van der Waals surface area contributed by atoms with Gasteiger partial charge < -0.3 is 0 Å².